The maximum Gasteiger partial charge on any atom is 0.131 e. The van der Waals surface area contributed by atoms with E-state index in [1.807, 2.05) is 6.92 Å². The standard InChI is InChI=1S/C11H12FNO2/c1-7-10(6-14)15-13-11(7)8-2-4-9(12)5-3-8/h2-5,10,13-14H,6H2,1H3. The summed E-state index contributed by atoms with van der Waals surface area (Å²) in [4.78, 5) is 5.14. The van der Waals surface area contributed by atoms with Gasteiger partial charge in [0, 0.05) is 5.56 Å². The van der Waals surface area contributed by atoms with Gasteiger partial charge in [0.25, 0.3) is 0 Å². The number of aliphatic hydroxyl groups is 1. The molecular formula is C11H12FNO2. The first-order chi connectivity index (χ1) is 7.22. The third kappa shape index (κ3) is 1.86. The average Bonchev–Trinajstić information content (AvgIpc) is 2.61. The van der Waals surface area contributed by atoms with Gasteiger partial charge in [-0.3, -0.25) is 10.3 Å². The van der Waals surface area contributed by atoms with Crippen LogP contribution in [0.1, 0.15) is 12.5 Å². The number of hydrogen-bond donors (Lipinski definition) is 2. The van der Waals surface area contributed by atoms with Gasteiger partial charge in [-0.15, -0.1) is 0 Å². The summed E-state index contributed by atoms with van der Waals surface area (Å²) in [7, 11) is 0. The van der Waals surface area contributed by atoms with Crippen molar-refractivity contribution in [2.75, 3.05) is 6.61 Å². The number of aliphatic hydroxyl groups excluding tert-OH is 1. The van der Waals surface area contributed by atoms with Crippen LogP contribution in [0, 0.1) is 5.82 Å². The highest BCUT2D eigenvalue weighted by Gasteiger charge is 2.23. The molecular weight excluding hydrogens is 197 g/mol. The van der Waals surface area contributed by atoms with Gasteiger partial charge in [0.05, 0.1) is 12.3 Å². The summed E-state index contributed by atoms with van der Waals surface area (Å²) >= 11 is 0. The quantitative estimate of drug-likeness (QED) is 0.774. The zero-order valence-electron chi connectivity index (χ0n) is 8.33. The first-order valence-electron chi connectivity index (χ1n) is 4.71. The van der Waals surface area contributed by atoms with Gasteiger partial charge in [0.2, 0.25) is 0 Å². The van der Waals surface area contributed by atoms with Crippen LogP contribution in [0.5, 0.6) is 0 Å². The summed E-state index contributed by atoms with van der Waals surface area (Å²) in [6.07, 6.45) is -0.315. The van der Waals surface area contributed by atoms with Gasteiger partial charge in [-0.05, 0) is 36.8 Å². The van der Waals surface area contributed by atoms with Crippen LogP contribution in [0.15, 0.2) is 29.8 Å². The Balaban J connectivity index is 2.32. The summed E-state index contributed by atoms with van der Waals surface area (Å²) in [5, 5.41) is 8.99. The van der Waals surface area contributed by atoms with Crippen molar-refractivity contribution in [3.8, 4) is 0 Å². The third-order valence-corrected chi connectivity index (χ3v) is 2.48. The summed E-state index contributed by atoms with van der Waals surface area (Å²) in [6, 6.07) is 6.13. The Morgan fingerprint density at radius 3 is 2.60 bits per heavy atom. The van der Waals surface area contributed by atoms with E-state index < -0.39 is 0 Å². The van der Waals surface area contributed by atoms with Gasteiger partial charge in [-0.1, -0.05) is 0 Å². The monoisotopic (exact) mass is 209 g/mol. The lowest BCUT2D eigenvalue weighted by Gasteiger charge is -2.03. The molecule has 1 atom stereocenters. The first-order valence-corrected chi connectivity index (χ1v) is 4.71. The summed E-state index contributed by atoms with van der Waals surface area (Å²) in [6.45, 7) is 1.81. The Bertz CT molecular complexity index is 386. The molecule has 1 aromatic carbocycles. The molecule has 1 heterocycles. The van der Waals surface area contributed by atoms with Crippen molar-refractivity contribution in [2.24, 2.45) is 0 Å². The topological polar surface area (TPSA) is 41.5 Å². The molecule has 1 aliphatic rings. The molecule has 0 aliphatic carbocycles. The van der Waals surface area contributed by atoms with Gasteiger partial charge in [0.1, 0.15) is 11.9 Å². The molecule has 0 bridgehead atoms. The molecule has 4 heteroatoms. The van der Waals surface area contributed by atoms with Crippen LogP contribution >= 0.6 is 0 Å². The van der Waals surface area contributed by atoms with E-state index in [0.29, 0.717) is 0 Å². The van der Waals surface area contributed by atoms with Gasteiger partial charge < -0.3 is 5.11 Å². The number of hydrogen-bond acceptors (Lipinski definition) is 3. The molecule has 1 aromatic rings. The molecule has 0 fully saturated rings. The lowest BCUT2D eigenvalue weighted by Crippen LogP contribution is -2.17. The largest absolute Gasteiger partial charge is 0.393 e. The molecule has 0 saturated carbocycles. The van der Waals surface area contributed by atoms with Crippen molar-refractivity contribution < 1.29 is 14.3 Å². The molecule has 2 N–H and O–H groups in total. The smallest absolute Gasteiger partial charge is 0.131 e. The van der Waals surface area contributed by atoms with Crippen molar-refractivity contribution in [1.29, 1.82) is 0 Å². The second-order valence-electron chi connectivity index (χ2n) is 3.46. The highest BCUT2D eigenvalue weighted by atomic mass is 19.1. The van der Waals surface area contributed by atoms with E-state index >= 15 is 0 Å². The lowest BCUT2D eigenvalue weighted by molar-refractivity contribution is 0.0128. The zero-order chi connectivity index (χ0) is 10.8. The van der Waals surface area contributed by atoms with Crippen LogP contribution in [0.25, 0.3) is 5.70 Å². The van der Waals surface area contributed by atoms with Gasteiger partial charge in [-0.25, -0.2) is 4.39 Å². The summed E-state index contributed by atoms with van der Waals surface area (Å²) < 4.78 is 12.7. The average molecular weight is 209 g/mol. The van der Waals surface area contributed by atoms with E-state index in [4.69, 9.17) is 9.94 Å². The van der Waals surface area contributed by atoms with E-state index in [1.54, 1.807) is 12.1 Å². The van der Waals surface area contributed by atoms with Crippen LogP contribution in [0.3, 0.4) is 0 Å². The Hall–Kier alpha value is -1.39. The van der Waals surface area contributed by atoms with Gasteiger partial charge >= 0.3 is 0 Å². The van der Waals surface area contributed by atoms with E-state index in [0.717, 1.165) is 16.8 Å². The Labute approximate surface area is 87.1 Å². The van der Waals surface area contributed by atoms with E-state index in [9.17, 15) is 4.39 Å². The number of rotatable bonds is 2. The SMILES string of the molecule is CC1=C(c2ccc(F)cc2)NOC1CO. The number of hydroxylamine groups is 1. The second-order valence-corrected chi connectivity index (χ2v) is 3.46. The van der Waals surface area contributed by atoms with Crippen LogP contribution in [0.2, 0.25) is 0 Å². The van der Waals surface area contributed by atoms with Gasteiger partial charge in [-0.2, -0.15) is 0 Å². The summed E-state index contributed by atoms with van der Waals surface area (Å²) in [5.41, 5.74) is 5.31. The fraction of sp³-hybridized carbons (Fsp3) is 0.273. The molecule has 2 rings (SSSR count). The normalized spacial score (nSPS) is 20.6. The van der Waals surface area contributed by atoms with Crippen LogP contribution in [-0.4, -0.2) is 17.8 Å². The highest BCUT2D eigenvalue weighted by Crippen LogP contribution is 2.24. The number of halogens is 1. The third-order valence-electron chi connectivity index (χ3n) is 2.48. The van der Waals surface area contributed by atoms with Crippen LogP contribution < -0.4 is 5.48 Å². The van der Waals surface area contributed by atoms with Crippen molar-refractivity contribution in [3.63, 3.8) is 0 Å². The molecule has 0 aromatic heterocycles. The fourth-order valence-electron chi connectivity index (χ4n) is 1.54. The predicted molar refractivity (Wildman–Crippen MR) is 54.1 cm³/mol. The molecule has 0 spiro atoms. The molecule has 0 amide bonds. The molecule has 1 unspecified atom stereocenters. The van der Waals surface area contributed by atoms with Crippen molar-refractivity contribution in [3.05, 3.63) is 41.2 Å². The molecule has 80 valence electrons. The molecule has 0 saturated heterocycles. The zero-order valence-corrected chi connectivity index (χ0v) is 8.33. The Morgan fingerprint density at radius 1 is 1.40 bits per heavy atom. The van der Waals surface area contributed by atoms with Crippen LogP contribution in [0.4, 0.5) is 4.39 Å². The Morgan fingerprint density at radius 2 is 2.07 bits per heavy atom. The number of benzene rings is 1. The summed E-state index contributed by atoms with van der Waals surface area (Å²) in [5.74, 6) is -0.269. The van der Waals surface area contributed by atoms with Crippen molar-refractivity contribution in [1.82, 2.24) is 5.48 Å². The minimum Gasteiger partial charge on any atom is -0.393 e. The van der Waals surface area contributed by atoms with E-state index in [1.165, 1.54) is 12.1 Å². The van der Waals surface area contributed by atoms with Crippen molar-refractivity contribution >= 4 is 5.70 Å². The molecule has 3 nitrogen and oxygen atoms in total. The maximum absolute atomic E-state index is 12.7. The highest BCUT2D eigenvalue weighted by molar-refractivity contribution is 5.68. The predicted octanol–water partition coefficient (Wildman–Crippen LogP) is 1.45. The van der Waals surface area contributed by atoms with Crippen molar-refractivity contribution in [2.45, 2.75) is 13.0 Å². The Kier molecular flexibility index (Phi) is 2.70. The number of nitrogens with one attached hydrogen (secondary N) is 1. The van der Waals surface area contributed by atoms with E-state index in [-0.39, 0.29) is 18.5 Å². The fourth-order valence-corrected chi connectivity index (χ4v) is 1.54. The van der Waals surface area contributed by atoms with Crippen LogP contribution in [-0.2, 0) is 4.84 Å². The first kappa shape index (κ1) is 10.1. The minimum absolute atomic E-state index is 0.0659. The van der Waals surface area contributed by atoms with E-state index in [2.05, 4.69) is 5.48 Å². The maximum atomic E-state index is 12.7. The van der Waals surface area contributed by atoms with Gasteiger partial charge in [0.15, 0.2) is 0 Å². The minimum atomic E-state index is -0.315. The molecule has 1 aliphatic heterocycles. The second kappa shape index (κ2) is 4.00. The lowest BCUT2D eigenvalue weighted by atomic mass is 10.1. The molecule has 15 heavy (non-hydrogen) atoms. The molecule has 0 radical (unpaired) electrons.